The minimum absolute atomic E-state index is 0.563. The Morgan fingerprint density at radius 3 is 2.19 bits per heavy atom. The van der Waals surface area contributed by atoms with Crippen LogP contribution >= 0.6 is 0 Å². The molecule has 6 nitrogen and oxygen atoms in total. The fraction of sp³-hybridized carbons (Fsp3) is 0.269. The molecule has 0 unspecified atom stereocenters. The first-order valence-electron chi connectivity index (χ1n) is 10.6. The number of para-hydroxylation sites is 3. The largest absolute Gasteiger partial charge is 0.493 e. The van der Waals surface area contributed by atoms with Crippen LogP contribution in [-0.2, 0) is 6.54 Å². The third-order valence-electron chi connectivity index (χ3n) is 5.45. The summed E-state index contributed by atoms with van der Waals surface area (Å²) < 4.78 is 24.8. The number of fused-ring (bicyclic) bond motifs is 1. The van der Waals surface area contributed by atoms with Crippen LogP contribution in [0.4, 0.5) is 0 Å². The van der Waals surface area contributed by atoms with Crippen LogP contribution < -0.4 is 18.9 Å². The van der Waals surface area contributed by atoms with E-state index in [1.807, 2.05) is 48.5 Å². The molecule has 0 saturated carbocycles. The van der Waals surface area contributed by atoms with Gasteiger partial charge in [0.15, 0.2) is 11.5 Å². The van der Waals surface area contributed by atoms with Gasteiger partial charge in [-0.25, -0.2) is 4.98 Å². The maximum absolute atomic E-state index is 6.01. The fourth-order valence-electron chi connectivity index (χ4n) is 3.86. The molecule has 0 aliphatic heterocycles. The average molecular weight is 433 g/mol. The molecular formula is C26H28N2O4. The summed E-state index contributed by atoms with van der Waals surface area (Å²) in [7, 11) is 4.84. The first-order valence-corrected chi connectivity index (χ1v) is 10.6. The molecule has 0 atom stereocenters. The number of hydrogen-bond acceptors (Lipinski definition) is 5. The van der Waals surface area contributed by atoms with Gasteiger partial charge in [0.25, 0.3) is 0 Å². The molecule has 0 saturated heterocycles. The van der Waals surface area contributed by atoms with Crippen molar-refractivity contribution in [3.8, 4) is 34.4 Å². The predicted octanol–water partition coefficient (Wildman–Crippen LogP) is 5.51. The van der Waals surface area contributed by atoms with Crippen LogP contribution in [0, 0.1) is 6.92 Å². The summed E-state index contributed by atoms with van der Waals surface area (Å²) in [6.07, 6.45) is 0.839. The Balaban J connectivity index is 1.66. The van der Waals surface area contributed by atoms with Gasteiger partial charge >= 0.3 is 0 Å². The van der Waals surface area contributed by atoms with E-state index in [1.165, 1.54) is 0 Å². The highest BCUT2D eigenvalue weighted by Crippen LogP contribution is 2.41. The molecule has 32 heavy (non-hydrogen) atoms. The number of benzene rings is 3. The van der Waals surface area contributed by atoms with Crippen LogP contribution in [0.3, 0.4) is 0 Å². The second-order valence-electron chi connectivity index (χ2n) is 7.46. The lowest BCUT2D eigenvalue weighted by molar-refractivity contribution is 0.301. The highest BCUT2D eigenvalue weighted by Gasteiger charge is 2.18. The SMILES string of the molecule is COc1cc(-c2nc3ccccc3n2CCCOc2ccccc2C)cc(OC)c1OC. The van der Waals surface area contributed by atoms with Crippen molar-refractivity contribution in [1.29, 1.82) is 0 Å². The number of hydrogen-bond donors (Lipinski definition) is 0. The van der Waals surface area contributed by atoms with Crippen molar-refractivity contribution >= 4 is 11.0 Å². The summed E-state index contributed by atoms with van der Waals surface area (Å²) in [5.41, 5.74) is 4.05. The van der Waals surface area contributed by atoms with Gasteiger partial charge in [-0.05, 0) is 49.2 Å². The molecule has 166 valence electrons. The van der Waals surface area contributed by atoms with E-state index in [9.17, 15) is 0 Å². The Labute approximate surface area is 188 Å². The quantitative estimate of drug-likeness (QED) is 0.327. The second kappa shape index (κ2) is 9.64. The number of aryl methyl sites for hydroxylation is 2. The van der Waals surface area contributed by atoms with Crippen LogP contribution in [0.25, 0.3) is 22.4 Å². The van der Waals surface area contributed by atoms with E-state index >= 15 is 0 Å². The smallest absolute Gasteiger partial charge is 0.203 e. The lowest BCUT2D eigenvalue weighted by atomic mass is 10.1. The van der Waals surface area contributed by atoms with Gasteiger partial charge in [0, 0.05) is 12.1 Å². The summed E-state index contributed by atoms with van der Waals surface area (Å²) >= 11 is 0. The second-order valence-corrected chi connectivity index (χ2v) is 7.46. The van der Waals surface area contributed by atoms with Gasteiger partial charge in [0.05, 0.1) is 39.0 Å². The third-order valence-corrected chi connectivity index (χ3v) is 5.45. The molecule has 4 rings (SSSR count). The number of nitrogens with zero attached hydrogens (tertiary/aromatic N) is 2. The molecular weight excluding hydrogens is 404 g/mol. The normalized spacial score (nSPS) is 10.9. The Morgan fingerprint density at radius 2 is 1.50 bits per heavy atom. The molecule has 6 heteroatoms. The van der Waals surface area contributed by atoms with Crippen LogP contribution in [0.5, 0.6) is 23.0 Å². The fourth-order valence-corrected chi connectivity index (χ4v) is 3.86. The molecule has 1 aromatic heterocycles. The van der Waals surface area contributed by atoms with E-state index in [2.05, 4.69) is 23.6 Å². The highest BCUT2D eigenvalue weighted by molar-refractivity contribution is 5.81. The van der Waals surface area contributed by atoms with E-state index in [4.69, 9.17) is 23.9 Å². The van der Waals surface area contributed by atoms with Crippen molar-refractivity contribution in [2.24, 2.45) is 0 Å². The van der Waals surface area contributed by atoms with Gasteiger partial charge in [-0.3, -0.25) is 0 Å². The molecule has 0 amide bonds. The van der Waals surface area contributed by atoms with Crippen molar-refractivity contribution in [3.05, 3.63) is 66.2 Å². The Morgan fingerprint density at radius 1 is 0.812 bits per heavy atom. The highest BCUT2D eigenvalue weighted by atomic mass is 16.5. The maximum atomic E-state index is 6.01. The average Bonchev–Trinajstić information content (AvgIpc) is 3.20. The molecule has 0 N–H and O–H groups in total. The first-order chi connectivity index (χ1) is 15.7. The molecule has 0 aliphatic carbocycles. The summed E-state index contributed by atoms with van der Waals surface area (Å²) in [4.78, 5) is 4.91. The Hall–Kier alpha value is -3.67. The van der Waals surface area contributed by atoms with Gasteiger partial charge in [-0.2, -0.15) is 0 Å². The van der Waals surface area contributed by atoms with Crippen molar-refractivity contribution in [3.63, 3.8) is 0 Å². The molecule has 0 fully saturated rings. The molecule has 0 bridgehead atoms. The summed E-state index contributed by atoms with van der Waals surface area (Å²) in [6.45, 7) is 3.44. The number of aromatic nitrogens is 2. The van der Waals surface area contributed by atoms with E-state index in [1.54, 1.807) is 21.3 Å². The lowest BCUT2D eigenvalue weighted by Gasteiger charge is -2.15. The van der Waals surface area contributed by atoms with Gasteiger partial charge in [-0.15, -0.1) is 0 Å². The molecule has 1 heterocycles. The topological polar surface area (TPSA) is 54.7 Å². The third kappa shape index (κ3) is 4.21. The Kier molecular flexibility index (Phi) is 6.50. The lowest BCUT2D eigenvalue weighted by Crippen LogP contribution is -2.07. The van der Waals surface area contributed by atoms with Gasteiger partial charge in [0.1, 0.15) is 11.6 Å². The zero-order valence-electron chi connectivity index (χ0n) is 18.9. The Bertz CT molecular complexity index is 1190. The van der Waals surface area contributed by atoms with E-state index in [0.29, 0.717) is 23.9 Å². The number of imidazole rings is 1. The molecule has 0 spiro atoms. The zero-order chi connectivity index (χ0) is 22.5. The van der Waals surface area contributed by atoms with Crippen molar-refractivity contribution in [1.82, 2.24) is 9.55 Å². The first kappa shape index (κ1) is 21.6. The summed E-state index contributed by atoms with van der Waals surface area (Å²) in [5.74, 6) is 3.54. The van der Waals surface area contributed by atoms with Gasteiger partial charge < -0.3 is 23.5 Å². The van der Waals surface area contributed by atoms with Crippen LogP contribution in [0.2, 0.25) is 0 Å². The maximum Gasteiger partial charge on any atom is 0.203 e. The summed E-state index contributed by atoms with van der Waals surface area (Å²) in [6, 6.07) is 20.1. The van der Waals surface area contributed by atoms with Crippen LogP contribution in [0.1, 0.15) is 12.0 Å². The van der Waals surface area contributed by atoms with Crippen LogP contribution in [-0.4, -0.2) is 37.5 Å². The van der Waals surface area contributed by atoms with Crippen molar-refractivity contribution in [2.75, 3.05) is 27.9 Å². The van der Waals surface area contributed by atoms with E-state index in [0.717, 1.165) is 46.7 Å². The number of ether oxygens (including phenoxy) is 4. The molecule has 0 aliphatic rings. The minimum Gasteiger partial charge on any atom is -0.493 e. The summed E-state index contributed by atoms with van der Waals surface area (Å²) in [5, 5.41) is 0. The van der Waals surface area contributed by atoms with Gasteiger partial charge in [0.2, 0.25) is 5.75 Å². The molecule has 4 aromatic rings. The van der Waals surface area contributed by atoms with Crippen molar-refractivity contribution < 1.29 is 18.9 Å². The monoisotopic (exact) mass is 432 g/mol. The predicted molar refractivity (Wildman–Crippen MR) is 126 cm³/mol. The molecule has 3 aromatic carbocycles. The minimum atomic E-state index is 0.563. The number of methoxy groups -OCH3 is 3. The van der Waals surface area contributed by atoms with Crippen LogP contribution in [0.15, 0.2) is 60.7 Å². The van der Waals surface area contributed by atoms with Crippen molar-refractivity contribution in [2.45, 2.75) is 19.9 Å². The van der Waals surface area contributed by atoms with E-state index < -0.39 is 0 Å². The number of rotatable bonds is 9. The van der Waals surface area contributed by atoms with E-state index in [-0.39, 0.29) is 0 Å². The molecule has 0 radical (unpaired) electrons. The standard InChI is InChI=1S/C26H28N2O4/c1-18-10-5-8-13-22(18)32-15-9-14-28-21-12-7-6-11-20(21)27-26(28)19-16-23(29-2)25(31-4)24(17-19)30-3/h5-8,10-13,16-17H,9,14-15H2,1-4H3. The van der Waals surface area contributed by atoms with Gasteiger partial charge in [-0.1, -0.05) is 30.3 Å². The zero-order valence-corrected chi connectivity index (χ0v) is 18.9.